The molecule has 1 atom stereocenters. The fourth-order valence-corrected chi connectivity index (χ4v) is 1.39. The van der Waals surface area contributed by atoms with Gasteiger partial charge in [0.15, 0.2) is 0 Å². The highest BCUT2D eigenvalue weighted by Gasteiger charge is 2.25. The van der Waals surface area contributed by atoms with Gasteiger partial charge in [-0.3, -0.25) is 4.99 Å². The summed E-state index contributed by atoms with van der Waals surface area (Å²) in [5, 5.41) is 3.25. The number of nitrogens with zero attached hydrogens (tertiary/aromatic N) is 1. The Morgan fingerprint density at radius 2 is 2.42 bits per heavy atom. The highest BCUT2D eigenvalue weighted by molar-refractivity contribution is 6.09. The highest BCUT2D eigenvalue weighted by atomic mass is 15.0. The Kier molecular flexibility index (Phi) is 2.69. The zero-order chi connectivity index (χ0) is 9.14. The Labute approximate surface area is 74.1 Å². The van der Waals surface area contributed by atoms with Crippen molar-refractivity contribution in [2.75, 3.05) is 7.05 Å². The van der Waals surface area contributed by atoms with Crippen LogP contribution in [0.5, 0.6) is 0 Å². The summed E-state index contributed by atoms with van der Waals surface area (Å²) in [6, 6.07) is 0.460. The molecule has 1 heterocycles. The topological polar surface area (TPSA) is 24.4 Å². The van der Waals surface area contributed by atoms with Crippen LogP contribution >= 0.6 is 0 Å². The largest absolute Gasteiger partial charge is 0.383 e. The molecule has 0 spiro atoms. The van der Waals surface area contributed by atoms with Crippen molar-refractivity contribution in [1.29, 1.82) is 0 Å². The lowest BCUT2D eigenvalue weighted by atomic mass is 9.89. The Morgan fingerprint density at radius 1 is 1.75 bits per heavy atom. The average Bonchev–Trinajstić information content (AvgIpc) is 1.96. The van der Waals surface area contributed by atoms with Crippen LogP contribution in [0.15, 0.2) is 29.4 Å². The molecule has 2 nitrogen and oxygen atoms in total. The normalized spacial score (nSPS) is 22.8. The first-order chi connectivity index (χ1) is 5.70. The first-order valence-corrected chi connectivity index (χ1v) is 4.26. The molecule has 1 unspecified atom stereocenters. The summed E-state index contributed by atoms with van der Waals surface area (Å²) in [6.45, 7) is 8.12. The minimum Gasteiger partial charge on any atom is -0.383 e. The second-order valence-corrected chi connectivity index (χ2v) is 3.30. The van der Waals surface area contributed by atoms with Gasteiger partial charge in [-0.15, -0.1) is 0 Å². The molecule has 0 aromatic rings. The van der Waals surface area contributed by atoms with Gasteiger partial charge in [0, 0.05) is 18.8 Å². The summed E-state index contributed by atoms with van der Waals surface area (Å²) < 4.78 is 0. The molecule has 0 saturated heterocycles. The van der Waals surface area contributed by atoms with Crippen LogP contribution in [-0.2, 0) is 0 Å². The maximum Gasteiger partial charge on any atom is 0.0632 e. The summed E-state index contributed by atoms with van der Waals surface area (Å²) in [5.74, 6) is 0.613. The maximum atomic E-state index is 4.15. The van der Waals surface area contributed by atoms with Crippen LogP contribution in [0.4, 0.5) is 0 Å². The van der Waals surface area contributed by atoms with E-state index in [1.807, 2.05) is 12.3 Å². The minimum atomic E-state index is 0.460. The van der Waals surface area contributed by atoms with Crippen molar-refractivity contribution < 1.29 is 0 Å². The predicted molar refractivity (Wildman–Crippen MR) is 53.4 cm³/mol. The van der Waals surface area contributed by atoms with Gasteiger partial charge < -0.3 is 5.32 Å². The summed E-state index contributed by atoms with van der Waals surface area (Å²) >= 11 is 0. The maximum absolute atomic E-state index is 4.15. The summed E-state index contributed by atoms with van der Waals surface area (Å²) in [6.07, 6.45) is 3.82. The number of allylic oxidation sites excluding steroid dienone is 1. The monoisotopic (exact) mass is 164 g/mol. The number of aliphatic imine (C=N–C) groups is 1. The van der Waals surface area contributed by atoms with Gasteiger partial charge in [0.1, 0.15) is 0 Å². The van der Waals surface area contributed by atoms with E-state index in [1.165, 1.54) is 5.57 Å². The summed E-state index contributed by atoms with van der Waals surface area (Å²) in [5.41, 5.74) is 2.29. The quantitative estimate of drug-likeness (QED) is 0.631. The predicted octanol–water partition coefficient (Wildman–Crippen LogP) is 1.75. The lowest BCUT2D eigenvalue weighted by molar-refractivity contribution is 0.466. The first kappa shape index (κ1) is 9.04. The lowest BCUT2D eigenvalue weighted by Crippen LogP contribution is -2.43. The minimum absolute atomic E-state index is 0.460. The highest BCUT2D eigenvalue weighted by Crippen LogP contribution is 2.20. The van der Waals surface area contributed by atoms with Gasteiger partial charge in [-0.05, 0) is 12.0 Å². The van der Waals surface area contributed by atoms with Gasteiger partial charge in [0.2, 0.25) is 0 Å². The lowest BCUT2D eigenvalue weighted by Gasteiger charge is -2.32. The molecule has 0 aromatic heterocycles. The molecule has 0 bridgehead atoms. The SMILES string of the molecule is C=C/C(=N\C)C1=CNC1C(C)C. The fraction of sp³-hybridized carbons (Fsp3) is 0.500. The van der Waals surface area contributed by atoms with Crippen molar-refractivity contribution in [3.8, 4) is 0 Å². The Balaban J connectivity index is 2.72. The summed E-state index contributed by atoms with van der Waals surface area (Å²) in [7, 11) is 1.80. The molecule has 1 N–H and O–H groups in total. The van der Waals surface area contributed by atoms with E-state index in [4.69, 9.17) is 0 Å². The second kappa shape index (κ2) is 3.57. The molecule has 0 amide bonds. The van der Waals surface area contributed by atoms with E-state index < -0.39 is 0 Å². The molecule has 66 valence electrons. The van der Waals surface area contributed by atoms with E-state index in [1.54, 1.807) is 7.05 Å². The van der Waals surface area contributed by atoms with E-state index in [0.29, 0.717) is 12.0 Å². The van der Waals surface area contributed by atoms with Crippen LogP contribution in [0.3, 0.4) is 0 Å². The van der Waals surface area contributed by atoms with E-state index >= 15 is 0 Å². The Hall–Kier alpha value is -1.05. The number of hydrogen-bond acceptors (Lipinski definition) is 2. The molecule has 0 aliphatic carbocycles. The van der Waals surface area contributed by atoms with Gasteiger partial charge >= 0.3 is 0 Å². The van der Waals surface area contributed by atoms with Crippen LogP contribution in [0.1, 0.15) is 13.8 Å². The van der Waals surface area contributed by atoms with E-state index in [2.05, 4.69) is 30.7 Å². The molecule has 2 heteroatoms. The van der Waals surface area contributed by atoms with Crippen molar-refractivity contribution in [3.63, 3.8) is 0 Å². The Bertz CT molecular complexity index is 236. The van der Waals surface area contributed by atoms with Crippen molar-refractivity contribution in [3.05, 3.63) is 24.4 Å². The molecule has 1 aliphatic heterocycles. The third-order valence-corrected chi connectivity index (χ3v) is 2.15. The Morgan fingerprint density at radius 3 is 2.67 bits per heavy atom. The number of hydrogen-bond donors (Lipinski definition) is 1. The van der Waals surface area contributed by atoms with Crippen LogP contribution in [0.2, 0.25) is 0 Å². The van der Waals surface area contributed by atoms with Gasteiger partial charge in [0.25, 0.3) is 0 Å². The van der Waals surface area contributed by atoms with Gasteiger partial charge in [0.05, 0.1) is 11.8 Å². The fourth-order valence-electron chi connectivity index (χ4n) is 1.39. The molecule has 1 rings (SSSR count). The van der Waals surface area contributed by atoms with Crippen molar-refractivity contribution in [1.82, 2.24) is 5.32 Å². The molecular weight excluding hydrogens is 148 g/mol. The standard InChI is InChI=1S/C10H16N2/c1-5-9(11-4)8-6-12-10(8)7(2)3/h5-7,10,12H,1H2,2-4H3/b11-9+. The number of nitrogens with one attached hydrogen (secondary N) is 1. The van der Waals surface area contributed by atoms with Crippen LogP contribution in [0.25, 0.3) is 0 Å². The van der Waals surface area contributed by atoms with E-state index in [-0.39, 0.29) is 0 Å². The van der Waals surface area contributed by atoms with E-state index in [9.17, 15) is 0 Å². The second-order valence-electron chi connectivity index (χ2n) is 3.30. The molecular formula is C10H16N2. The zero-order valence-electron chi connectivity index (χ0n) is 7.96. The van der Waals surface area contributed by atoms with Gasteiger partial charge in [-0.2, -0.15) is 0 Å². The first-order valence-electron chi connectivity index (χ1n) is 4.26. The van der Waals surface area contributed by atoms with Crippen molar-refractivity contribution in [2.24, 2.45) is 10.9 Å². The molecule has 0 radical (unpaired) electrons. The number of rotatable bonds is 3. The van der Waals surface area contributed by atoms with Crippen LogP contribution in [0, 0.1) is 5.92 Å². The van der Waals surface area contributed by atoms with Crippen LogP contribution in [-0.4, -0.2) is 18.8 Å². The third kappa shape index (κ3) is 1.42. The van der Waals surface area contributed by atoms with Crippen LogP contribution < -0.4 is 5.32 Å². The molecule has 12 heavy (non-hydrogen) atoms. The smallest absolute Gasteiger partial charge is 0.0632 e. The van der Waals surface area contributed by atoms with Gasteiger partial charge in [-0.25, -0.2) is 0 Å². The zero-order valence-corrected chi connectivity index (χ0v) is 7.96. The van der Waals surface area contributed by atoms with Gasteiger partial charge in [-0.1, -0.05) is 20.4 Å². The third-order valence-electron chi connectivity index (χ3n) is 2.15. The summed E-state index contributed by atoms with van der Waals surface area (Å²) in [4.78, 5) is 4.15. The molecule has 1 aliphatic rings. The molecule has 0 aromatic carbocycles. The van der Waals surface area contributed by atoms with Crippen molar-refractivity contribution in [2.45, 2.75) is 19.9 Å². The molecule has 0 fully saturated rings. The molecule has 0 saturated carbocycles. The average molecular weight is 164 g/mol. The van der Waals surface area contributed by atoms with Crippen molar-refractivity contribution >= 4 is 5.71 Å². The van der Waals surface area contributed by atoms with E-state index in [0.717, 1.165) is 5.71 Å².